The molecule has 0 aliphatic carbocycles. The fraction of sp³-hybridized carbons (Fsp3) is 0.500. The summed E-state index contributed by atoms with van der Waals surface area (Å²) in [6.07, 6.45) is 2.01. The lowest BCUT2D eigenvalue weighted by Gasteiger charge is -2.28. The third-order valence-electron chi connectivity index (χ3n) is 3.68. The van der Waals surface area contributed by atoms with Crippen LogP contribution in [0, 0.1) is 5.82 Å². The van der Waals surface area contributed by atoms with Crippen LogP contribution in [0.15, 0.2) is 24.3 Å². The summed E-state index contributed by atoms with van der Waals surface area (Å²) >= 11 is 1.40. The molecule has 1 heterocycles. The van der Waals surface area contributed by atoms with Crippen LogP contribution in [0.5, 0.6) is 0 Å². The second kappa shape index (κ2) is 8.88. The third kappa shape index (κ3) is 5.21. The standard InChI is InChI=1S/C16H22FN3O2S/c17-12-6-2-1-5-11(12)9-14-16(22)20-13(10-23-14)15(21)19-8-4-3-7-18/h1-2,5-6,13-14H,3-4,7-10,18H2,(H,19,21)(H,20,22). The molecule has 1 saturated heterocycles. The summed E-state index contributed by atoms with van der Waals surface area (Å²) in [7, 11) is 0. The minimum atomic E-state index is -0.526. The van der Waals surface area contributed by atoms with Crippen LogP contribution in [0.1, 0.15) is 18.4 Å². The molecule has 0 radical (unpaired) electrons. The van der Waals surface area contributed by atoms with Crippen molar-refractivity contribution in [2.24, 2.45) is 5.73 Å². The van der Waals surface area contributed by atoms with Crippen LogP contribution < -0.4 is 16.4 Å². The minimum Gasteiger partial charge on any atom is -0.354 e. The van der Waals surface area contributed by atoms with Crippen molar-refractivity contribution in [2.45, 2.75) is 30.6 Å². The van der Waals surface area contributed by atoms with E-state index in [1.165, 1.54) is 17.8 Å². The van der Waals surface area contributed by atoms with Crippen molar-refractivity contribution >= 4 is 23.6 Å². The van der Waals surface area contributed by atoms with E-state index >= 15 is 0 Å². The number of amides is 2. The van der Waals surface area contributed by atoms with Gasteiger partial charge in [-0.25, -0.2) is 4.39 Å². The highest BCUT2D eigenvalue weighted by Gasteiger charge is 2.32. The number of carbonyl (C=O) groups is 2. The first-order valence-corrected chi connectivity index (χ1v) is 8.80. The van der Waals surface area contributed by atoms with Gasteiger partial charge in [0.05, 0.1) is 5.25 Å². The molecule has 4 N–H and O–H groups in total. The average Bonchev–Trinajstić information content (AvgIpc) is 2.55. The lowest BCUT2D eigenvalue weighted by Crippen LogP contribution is -2.54. The fourth-order valence-corrected chi connectivity index (χ4v) is 3.53. The molecule has 23 heavy (non-hydrogen) atoms. The Kier molecular flexibility index (Phi) is 6.85. The molecule has 0 aromatic heterocycles. The van der Waals surface area contributed by atoms with Crippen LogP contribution >= 0.6 is 11.8 Å². The summed E-state index contributed by atoms with van der Waals surface area (Å²) in [6, 6.07) is 5.92. The van der Waals surface area contributed by atoms with Gasteiger partial charge in [-0.3, -0.25) is 9.59 Å². The van der Waals surface area contributed by atoms with Crippen LogP contribution in [-0.4, -0.2) is 41.9 Å². The number of thioether (sulfide) groups is 1. The first-order valence-electron chi connectivity index (χ1n) is 7.75. The van der Waals surface area contributed by atoms with Crippen molar-refractivity contribution in [3.05, 3.63) is 35.6 Å². The lowest BCUT2D eigenvalue weighted by molar-refractivity contribution is -0.128. The van der Waals surface area contributed by atoms with Gasteiger partial charge in [0.25, 0.3) is 0 Å². The van der Waals surface area contributed by atoms with E-state index in [-0.39, 0.29) is 22.9 Å². The van der Waals surface area contributed by atoms with Gasteiger partial charge >= 0.3 is 0 Å². The quantitative estimate of drug-likeness (QED) is 0.642. The molecule has 7 heteroatoms. The molecule has 2 unspecified atom stereocenters. The summed E-state index contributed by atoms with van der Waals surface area (Å²) in [6.45, 7) is 1.16. The summed E-state index contributed by atoms with van der Waals surface area (Å²) in [5.41, 5.74) is 5.91. The van der Waals surface area contributed by atoms with Crippen molar-refractivity contribution in [1.82, 2.24) is 10.6 Å². The van der Waals surface area contributed by atoms with Gasteiger partial charge in [-0.15, -0.1) is 11.8 Å². The van der Waals surface area contributed by atoms with E-state index in [4.69, 9.17) is 5.73 Å². The molecule has 1 fully saturated rings. The topological polar surface area (TPSA) is 84.2 Å². The minimum absolute atomic E-state index is 0.174. The van der Waals surface area contributed by atoms with Gasteiger partial charge in [0, 0.05) is 12.3 Å². The zero-order valence-corrected chi connectivity index (χ0v) is 13.7. The van der Waals surface area contributed by atoms with Gasteiger partial charge < -0.3 is 16.4 Å². The van der Waals surface area contributed by atoms with Crippen LogP contribution in [0.4, 0.5) is 4.39 Å². The number of hydrogen-bond acceptors (Lipinski definition) is 4. The summed E-state index contributed by atoms with van der Waals surface area (Å²) < 4.78 is 13.7. The normalized spacial score (nSPS) is 20.9. The predicted octanol–water partition coefficient (Wildman–Crippen LogP) is 0.824. The van der Waals surface area contributed by atoms with Crippen LogP contribution in [-0.2, 0) is 16.0 Å². The van der Waals surface area contributed by atoms with E-state index in [0.29, 0.717) is 30.8 Å². The van der Waals surface area contributed by atoms with Crippen molar-refractivity contribution in [3.63, 3.8) is 0 Å². The SMILES string of the molecule is NCCCCNC(=O)C1CSC(Cc2ccccc2F)C(=O)N1. The highest BCUT2D eigenvalue weighted by Crippen LogP contribution is 2.23. The third-order valence-corrected chi connectivity index (χ3v) is 4.99. The number of rotatable bonds is 7. The molecule has 5 nitrogen and oxygen atoms in total. The maximum absolute atomic E-state index is 13.7. The molecule has 0 bridgehead atoms. The average molecular weight is 339 g/mol. The maximum Gasteiger partial charge on any atom is 0.243 e. The van der Waals surface area contributed by atoms with Gasteiger partial charge in [-0.05, 0) is 37.4 Å². The Morgan fingerprint density at radius 2 is 2.17 bits per heavy atom. The second-order valence-corrected chi connectivity index (χ2v) is 6.70. The molecular weight excluding hydrogens is 317 g/mol. The lowest BCUT2D eigenvalue weighted by atomic mass is 10.1. The Morgan fingerprint density at radius 3 is 2.87 bits per heavy atom. The van der Waals surface area contributed by atoms with Crippen molar-refractivity contribution < 1.29 is 14.0 Å². The Morgan fingerprint density at radius 1 is 1.39 bits per heavy atom. The van der Waals surface area contributed by atoms with Crippen LogP contribution in [0.25, 0.3) is 0 Å². The van der Waals surface area contributed by atoms with E-state index in [2.05, 4.69) is 10.6 Å². The van der Waals surface area contributed by atoms with E-state index < -0.39 is 6.04 Å². The Labute approximate surface area is 139 Å². The summed E-state index contributed by atoms with van der Waals surface area (Å²) in [4.78, 5) is 24.1. The molecule has 2 amide bonds. The first kappa shape index (κ1) is 17.7. The number of nitrogens with one attached hydrogen (secondary N) is 2. The highest BCUT2D eigenvalue weighted by atomic mass is 32.2. The van der Waals surface area contributed by atoms with Crippen molar-refractivity contribution in [2.75, 3.05) is 18.8 Å². The molecule has 1 aliphatic rings. The van der Waals surface area contributed by atoms with E-state index in [9.17, 15) is 14.0 Å². The smallest absolute Gasteiger partial charge is 0.243 e. The molecule has 0 spiro atoms. The number of unbranched alkanes of at least 4 members (excludes halogenated alkanes) is 1. The number of halogens is 1. The van der Waals surface area contributed by atoms with Gasteiger partial charge in [-0.2, -0.15) is 0 Å². The number of carbonyl (C=O) groups excluding carboxylic acids is 2. The highest BCUT2D eigenvalue weighted by molar-refractivity contribution is 8.00. The number of hydrogen-bond donors (Lipinski definition) is 3. The van der Waals surface area contributed by atoms with Crippen LogP contribution in [0.3, 0.4) is 0 Å². The van der Waals surface area contributed by atoms with Gasteiger partial charge in [-0.1, -0.05) is 18.2 Å². The van der Waals surface area contributed by atoms with Gasteiger partial charge in [0.2, 0.25) is 11.8 Å². The Bertz CT molecular complexity index is 556. The molecule has 1 aromatic carbocycles. The summed E-state index contributed by atoms with van der Waals surface area (Å²) in [5.74, 6) is -0.201. The van der Waals surface area contributed by atoms with Gasteiger partial charge in [0.1, 0.15) is 11.9 Å². The van der Waals surface area contributed by atoms with Crippen molar-refractivity contribution in [1.29, 1.82) is 0 Å². The number of benzene rings is 1. The summed E-state index contributed by atoms with van der Waals surface area (Å²) in [5, 5.41) is 5.16. The zero-order chi connectivity index (χ0) is 16.7. The molecule has 126 valence electrons. The maximum atomic E-state index is 13.7. The van der Waals surface area contributed by atoms with E-state index in [1.807, 2.05) is 0 Å². The van der Waals surface area contributed by atoms with E-state index in [1.54, 1.807) is 18.2 Å². The molecule has 1 aromatic rings. The monoisotopic (exact) mass is 339 g/mol. The molecule has 1 aliphatic heterocycles. The number of nitrogens with two attached hydrogens (primary N) is 1. The molecule has 0 saturated carbocycles. The van der Waals surface area contributed by atoms with E-state index in [0.717, 1.165) is 12.8 Å². The molecule has 2 rings (SSSR count). The molecular formula is C16H22FN3O2S. The molecule has 2 atom stereocenters. The van der Waals surface area contributed by atoms with Crippen molar-refractivity contribution in [3.8, 4) is 0 Å². The zero-order valence-electron chi connectivity index (χ0n) is 12.9. The second-order valence-electron chi connectivity index (χ2n) is 5.47. The predicted molar refractivity (Wildman–Crippen MR) is 89.6 cm³/mol. The Hall–Kier alpha value is -1.60. The largest absolute Gasteiger partial charge is 0.354 e. The fourth-order valence-electron chi connectivity index (χ4n) is 2.36. The van der Waals surface area contributed by atoms with Gasteiger partial charge in [0.15, 0.2) is 0 Å². The Balaban J connectivity index is 1.81. The first-order chi connectivity index (χ1) is 11.1. The van der Waals surface area contributed by atoms with Crippen LogP contribution in [0.2, 0.25) is 0 Å².